The fraction of sp³-hybridized carbons (Fsp3) is 0.125. The molecule has 0 fully saturated rings. The van der Waals surface area contributed by atoms with Crippen LogP contribution in [-0.2, 0) is 0 Å². The zero-order valence-corrected chi connectivity index (χ0v) is 12.1. The van der Waals surface area contributed by atoms with Gasteiger partial charge in [-0.1, -0.05) is 12.1 Å². The summed E-state index contributed by atoms with van der Waals surface area (Å²) in [5, 5.41) is 36.3. The van der Waals surface area contributed by atoms with Crippen molar-refractivity contribution in [3.63, 3.8) is 0 Å². The zero-order chi connectivity index (χ0) is 16.9. The molecule has 2 aromatic carbocycles. The highest BCUT2D eigenvalue weighted by Crippen LogP contribution is 2.26. The maximum atomic E-state index is 10.8. The Labute approximate surface area is 126 Å². The Hall–Kier alpha value is -3.02. The van der Waals surface area contributed by atoms with E-state index in [4.69, 9.17) is 20.4 Å². The zero-order valence-electron chi connectivity index (χ0n) is 12.1. The Kier molecular flexibility index (Phi) is 5.51. The first-order chi connectivity index (χ1) is 10.3. The molecular formula is C16H16O6. The van der Waals surface area contributed by atoms with Crippen LogP contribution in [-0.4, -0.2) is 32.0 Å². The average Bonchev–Trinajstić information content (AvgIpc) is 2.38. The minimum atomic E-state index is -0.347. The first-order valence-corrected chi connectivity index (χ1v) is 6.29. The van der Waals surface area contributed by atoms with Gasteiger partial charge in [0.25, 0.3) is 0 Å². The SMILES string of the molecule is CC(=O)c1c(O)cccc1O.CC(=O)c1c(O)cccc1O. The number of hydrogen-bond donors (Lipinski definition) is 4. The Balaban J connectivity index is 0.000000220. The highest BCUT2D eigenvalue weighted by molar-refractivity contribution is 5.99. The topological polar surface area (TPSA) is 115 Å². The normalized spacial score (nSPS) is 9.55. The average molecular weight is 304 g/mol. The van der Waals surface area contributed by atoms with Crippen LogP contribution < -0.4 is 0 Å². The maximum absolute atomic E-state index is 10.8. The molecule has 0 bridgehead atoms. The molecule has 0 amide bonds. The van der Waals surface area contributed by atoms with E-state index in [-0.39, 0.29) is 45.7 Å². The van der Waals surface area contributed by atoms with Gasteiger partial charge >= 0.3 is 0 Å². The molecule has 0 aliphatic rings. The van der Waals surface area contributed by atoms with E-state index in [1.165, 1.54) is 50.2 Å². The summed E-state index contributed by atoms with van der Waals surface area (Å²) in [7, 11) is 0. The molecule has 4 N–H and O–H groups in total. The number of ketones is 2. The minimum Gasteiger partial charge on any atom is -0.507 e. The van der Waals surface area contributed by atoms with Crippen molar-refractivity contribution in [2.24, 2.45) is 0 Å². The van der Waals surface area contributed by atoms with E-state index in [1.807, 2.05) is 0 Å². The lowest BCUT2D eigenvalue weighted by molar-refractivity contribution is 0.0998. The molecule has 2 rings (SSSR count). The van der Waals surface area contributed by atoms with Gasteiger partial charge in [0, 0.05) is 0 Å². The quantitative estimate of drug-likeness (QED) is 0.634. The molecule has 2 aromatic rings. The molecule has 0 saturated heterocycles. The summed E-state index contributed by atoms with van der Waals surface area (Å²) >= 11 is 0. The second-order valence-electron chi connectivity index (χ2n) is 4.45. The van der Waals surface area contributed by atoms with Gasteiger partial charge in [-0.25, -0.2) is 0 Å². The molecule has 0 heterocycles. The van der Waals surface area contributed by atoms with Crippen molar-refractivity contribution < 1.29 is 30.0 Å². The Morgan fingerprint density at radius 3 is 1.00 bits per heavy atom. The lowest BCUT2D eigenvalue weighted by Gasteiger charge is -2.01. The van der Waals surface area contributed by atoms with E-state index < -0.39 is 0 Å². The van der Waals surface area contributed by atoms with Crippen LogP contribution >= 0.6 is 0 Å². The predicted molar refractivity (Wildman–Crippen MR) is 79.6 cm³/mol. The molecule has 0 aromatic heterocycles. The highest BCUT2D eigenvalue weighted by Gasteiger charge is 2.11. The van der Waals surface area contributed by atoms with Crippen molar-refractivity contribution in [3.8, 4) is 23.0 Å². The van der Waals surface area contributed by atoms with E-state index in [0.29, 0.717) is 0 Å². The van der Waals surface area contributed by atoms with Gasteiger partial charge in [0.05, 0.1) is 0 Å². The fourth-order valence-corrected chi connectivity index (χ4v) is 1.78. The monoisotopic (exact) mass is 304 g/mol. The summed E-state index contributed by atoms with van der Waals surface area (Å²) in [5.74, 6) is -1.42. The van der Waals surface area contributed by atoms with E-state index >= 15 is 0 Å². The molecule has 0 aliphatic carbocycles. The van der Waals surface area contributed by atoms with Gasteiger partial charge in [0.1, 0.15) is 34.1 Å². The van der Waals surface area contributed by atoms with Gasteiger partial charge < -0.3 is 20.4 Å². The molecule has 6 heteroatoms. The third-order valence-corrected chi connectivity index (χ3v) is 2.75. The van der Waals surface area contributed by atoms with Crippen LogP contribution in [0.15, 0.2) is 36.4 Å². The van der Waals surface area contributed by atoms with E-state index in [1.54, 1.807) is 0 Å². The van der Waals surface area contributed by atoms with Crippen LogP contribution in [0.1, 0.15) is 34.6 Å². The van der Waals surface area contributed by atoms with Crippen LogP contribution in [0.4, 0.5) is 0 Å². The van der Waals surface area contributed by atoms with Gasteiger partial charge in [0.2, 0.25) is 0 Å². The third kappa shape index (κ3) is 3.99. The Morgan fingerprint density at radius 2 is 0.864 bits per heavy atom. The van der Waals surface area contributed by atoms with Crippen LogP contribution in [0, 0.1) is 0 Å². The van der Waals surface area contributed by atoms with Crippen LogP contribution in [0.5, 0.6) is 23.0 Å². The van der Waals surface area contributed by atoms with E-state index in [0.717, 1.165) is 0 Å². The molecule has 116 valence electrons. The number of carbonyl (C=O) groups is 2. The number of benzene rings is 2. The third-order valence-electron chi connectivity index (χ3n) is 2.75. The highest BCUT2D eigenvalue weighted by atomic mass is 16.3. The molecule has 0 radical (unpaired) electrons. The molecular weight excluding hydrogens is 288 g/mol. The number of aromatic hydroxyl groups is 4. The Bertz CT molecular complexity index is 604. The van der Waals surface area contributed by atoms with Crippen LogP contribution in [0.25, 0.3) is 0 Å². The summed E-state index contributed by atoms with van der Waals surface area (Å²) in [6.45, 7) is 2.57. The number of hydrogen-bond acceptors (Lipinski definition) is 6. The molecule has 0 aliphatic heterocycles. The first kappa shape index (κ1) is 17.0. The fourth-order valence-electron chi connectivity index (χ4n) is 1.78. The van der Waals surface area contributed by atoms with Crippen molar-refractivity contribution >= 4 is 11.6 Å². The smallest absolute Gasteiger partial charge is 0.167 e. The number of Topliss-reactive ketones (excluding diaryl/α,β-unsaturated/α-hetero) is 2. The molecule has 0 saturated carbocycles. The summed E-state index contributed by atoms with van der Waals surface area (Å²) in [4.78, 5) is 21.5. The predicted octanol–water partition coefficient (Wildman–Crippen LogP) is 2.60. The van der Waals surface area contributed by atoms with Gasteiger partial charge in [0.15, 0.2) is 11.6 Å². The standard InChI is InChI=1S/2C8H8O3/c2*1-5(9)8-6(10)3-2-4-7(8)11/h2*2-4,10-11H,1H3. The second-order valence-corrected chi connectivity index (χ2v) is 4.45. The summed E-state index contributed by atoms with van der Waals surface area (Å²) in [6, 6.07) is 8.37. The van der Waals surface area contributed by atoms with Crippen molar-refractivity contribution in [2.75, 3.05) is 0 Å². The number of phenolic OH excluding ortho intramolecular Hbond substituents is 4. The molecule has 22 heavy (non-hydrogen) atoms. The lowest BCUT2D eigenvalue weighted by Crippen LogP contribution is -1.92. The summed E-state index contributed by atoms with van der Waals surface area (Å²) < 4.78 is 0. The van der Waals surface area contributed by atoms with Gasteiger partial charge in [-0.3, -0.25) is 9.59 Å². The Morgan fingerprint density at radius 1 is 0.636 bits per heavy atom. The second kappa shape index (κ2) is 7.12. The lowest BCUT2D eigenvalue weighted by atomic mass is 10.1. The molecule has 0 atom stereocenters. The van der Waals surface area contributed by atoms with Gasteiger partial charge in [-0.2, -0.15) is 0 Å². The molecule has 0 spiro atoms. The number of phenols is 4. The minimum absolute atomic E-state index is 0.0208. The maximum Gasteiger partial charge on any atom is 0.167 e. The largest absolute Gasteiger partial charge is 0.507 e. The van der Waals surface area contributed by atoms with Crippen molar-refractivity contribution in [2.45, 2.75) is 13.8 Å². The van der Waals surface area contributed by atoms with Gasteiger partial charge in [-0.05, 0) is 38.1 Å². The first-order valence-electron chi connectivity index (χ1n) is 6.29. The van der Waals surface area contributed by atoms with Crippen LogP contribution in [0.3, 0.4) is 0 Å². The van der Waals surface area contributed by atoms with E-state index in [2.05, 4.69) is 0 Å². The number of rotatable bonds is 2. The van der Waals surface area contributed by atoms with Crippen LogP contribution in [0.2, 0.25) is 0 Å². The molecule has 0 unspecified atom stereocenters. The van der Waals surface area contributed by atoms with Crippen molar-refractivity contribution in [1.29, 1.82) is 0 Å². The van der Waals surface area contributed by atoms with E-state index in [9.17, 15) is 9.59 Å². The van der Waals surface area contributed by atoms with Gasteiger partial charge in [-0.15, -0.1) is 0 Å². The summed E-state index contributed by atoms with van der Waals surface area (Å²) in [6.07, 6.45) is 0. The molecule has 6 nitrogen and oxygen atoms in total. The van der Waals surface area contributed by atoms with Crippen molar-refractivity contribution in [3.05, 3.63) is 47.5 Å². The summed E-state index contributed by atoms with van der Waals surface area (Å²) in [5.41, 5.74) is -0.0417. The number of carbonyl (C=O) groups excluding carboxylic acids is 2. The van der Waals surface area contributed by atoms with Crippen molar-refractivity contribution in [1.82, 2.24) is 0 Å².